The number of halogens is 3. The van der Waals surface area contributed by atoms with Crippen LogP contribution in [0.3, 0.4) is 0 Å². The van der Waals surface area contributed by atoms with E-state index in [2.05, 4.69) is 10.4 Å². The van der Waals surface area contributed by atoms with Crippen molar-refractivity contribution in [2.45, 2.75) is 6.18 Å². The van der Waals surface area contributed by atoms with Gasteiger partial charge in [-0.05, 0) is 12.1 Å². The van der Waals surface area contributed by atoms with Crippen LogP contribution in [0.1, 0.15) is 10.5 Å². The zero-order chi connectivity index (χ0) is 14.8. The first-order valence-electron chi connectivity index (χ1n) is 5.62. The van der Waals surface area contributed by atoms with E-state index in [1.807, 2.05) is 0 Å². The van der Waals surface area contributed by atoms with Crippen LogP contribution in [0, 0.1) is 0 Å². The molecular weight excluding hydrogens is 273 g/mol. The van der Waals surface area contributed by atoms with Gasteiger partial charge in [-0.1, -0.05) is 18.2 Å². The summed E-state index contributed by atoms with van der Waals surface area (Å²) in [5.74, 6) is 4.43. The Morgan fingerprint density at radius 1 is 1.30 bits per heavy atom. The van der Waals surface area contributed by atoms with Crippen LogP contribution in [0.4, 0.5) is 18.9 Å². The Balaban J connectivity index is 2.33. The number of amides is 1. The predicted octanol–water partition coefficient (Wildman–Crippen LogP) is 1.81. The number of pyridine rings is 1. The molecule has 0 aliphatic carbocycles. The Labute approximate surface area is 111 Å². The maximum atomic E-state index is 12.1. The number of anilines is 1. The molecule has 8 heteroatoms. The number of alkyl halides is 3. The average molecular weight is 284 g/mol. The summed E-state index contributed by atoms with van der Waals surface area (Å²) in [5, 5.41) is 2.43. The first-order valence-corrected chi connectivity index (χ1v) is 5.62. The molecule has 1 aromatic heterocycles. The van der Waals surface area contributed by atoms with Gasteiger partial charge in [0.15, 0.2) is 0 Å². The number of carbonyl (C=O) groups excluding carboxylic acids is 1. The summed E-state index contributed by atoms with van der Waals surface area (Å²) in [7, 11) is 0. The molecule has 0 aliphatic heterocycles. The minimum atomic E-state index is -4.47. The molecule has 2 rings (SSSR count). The fraction of sp³-hybridized carbons (Fsp3) is 0.167. The number of rotatable bonds is 3. The van der Waals surface area contributed by atoms with Crippen LogP contribution in [0.5, 0.6) is 0 Å². The fourth-order valence-electron chi connectivity index (χ4n) is 1.68. The van der Waals surface area contributed by atoms with Gasteiger partial charge in [0.2, 0.25) is 0 Å². The normalized spacial score (nSPS) is 11.4. The van der Waals surface area contributed by atoms with Gasteiger partial charge in [-0.3, -0.25) is 10.6 Å². The molecular formula is C12H11F3N4O. The van der Waals surface area contributed by atoms with E-state index in [1.54, 1.807) is 29.6 Å². The highest BCUT2D eigenvalue weighted by molar-refractivity contribution is 5.99. The topological polar surface area (TPSA) is 80.0 Å². The smallest absolute Gasteiger partial charge is 0.342 e. The molecule has 0 fully saturated rings. The molecule has 4 N–H and O–H groups in total. The highest BCUT2D eigenvalue weighted by atomic mass is 19.4. The summed E-state index contributed by atoms with van der Waals surface area (Å²) in [6.07, 6.45) is -4.47. The lowest BCUT2D eigenvalue weighted by molar-refractivity contribution is -0.123. The van der Waals surface area contributed by atoms with Crippen molar-refractivity contribution in [3.63, 3.8) is 0 Å². The van der Waals surface area contributed by atoms with Gasteiger partial charge in [0.1, 0.15) is 12.2 Å². The number of para-hydroxylation sites is 1. The van der Waals surface area contributed by atoms with Gasteiger partial charge in [-0.25, -0.2) is 4.98 Å². The molecule has 0 spiro atoms. The average Bonchev–Trinajstić information content (AvgIpc) is 2.42. The third-order valence-electron chi connectivity index (χ3n) is 2.55. The number of hydrazine groups is 1. The van der Waals surface area contributed by atoms with E-state index in [1.165, 1.54) is 6.07 Å². The molecule has 5 nitrogen and oxygen atoms in total. The third-order valence-corrected chi connectivity index (χ3v) is 2.55. The van der Waals surface area contributed by atoms with E-state index in [9.17, 15) is 18.0 Å². The predicted molar refractivity (Wildman–Crippen MR) is 67.9 cm³/mol. The summed E-state index contributed by atoms with van der Waals surface area (Å²) in [6, 6.07) is 8.13. The number of fused-ring (bicyclic) bond motifs is 1. The van der Waals surface area contributed by atoms with Crippen molar-refractivity contribution in [1.82, 2.24) is 10.3 Å². The number of hydrogen-bond donors (Lipinski definition) is 3. The first kappa shape index (κ1) is 14.1. The molecule has 0 atom stereocenters. The lowest BCUT2D eigenvalue weighted by Crippen LogP contribution is -2.34. The van der Waals surface area contributed by atoms with Crippen molar-refractivity contribution in [2.24, 2.45) is 5.84 Å². The summed E-state index contributed by atoms with van der Waals surface area (Å²) in [6.45, 7) is -1.41. The van der Waals surface area contributed by atoms with E-state index in [0.29, 0.717) is 16.6 Å². The van der Waals surface area contributed by atoms with Gasteiger partial charge >= 0.3 is 6.18 Å². The van der Waals surface area contributed by atoms with Gasteiger partial charge in [-0.15, -0.1) is 0 Å². The quantitative estimate of drug-likeness (QED) is 0.593. The lowest BCUT2D eigenvalue weighted by Gasteiger charge is -2.10. The Bertz CT molecular complexity index is 642. The van der Waals surface area contributed by atoms with E-state index < -0.39 is 18.6 Å². The Hall–Kier alpha value is -2.35. The zero-order valence-electron chi connectivity index (χ0n) is 10.2. The molecule has 0 saturated carbocycles. The van der Waals surface area contributed by atoms with Crippen LogP contribution in [0.15, 0.2) is 30.3 Å². The van der Waals surface area contributed by atoms with Crippen LogP contribution in [0.2, 0.25) is 0 Å². The molecule has 1 heterocycles. The van der Waals surface area contributed by atoms with Crippen LogP contribution in [0.25, 0.3) is 10.9 Å². The van der Waals surface area contributed by atoms with E-state index in [4.69, 9.17) is 5.84 Å². The molecule has 2 aromatic rings. The lowest BCUT2D eigenvalue weighted by atomic mass is 10.1. The second kappa shape index (κ2) is 5.33. The molecule has 0 radical (unpaired) electrons. The Morgan fingerprint density at radius 2 is 2.00 bits per heavy atom. The first-order chi connectivity index (χ1) is 9.40. The van der Waals surface area contributed by atoms with E-state index in [0.717, 1.165) is 0 Å². The minimum absolute atomic E-state index is 0.138. The standard InChI is InChI=1S/C12H11F3N4O/c13-12(14,15)6-17-11(20)10-5-9(19-16)7-3-1-2-4-8(7)18-10/h1-5H,6,16H2,(H,17,20)(H,18,19). The summed E-state index contributed by atoms with van der Waals surface area (Å²) in [5.41, 5.74) is 3.13. The monoisotopic (exact) mass is 284 g/mol. The van der Waals surface area contributed by atoms with Crippen LogP contribution >= 0.6 is 0 Å². The van der Waals surface area contributed by atoms with E-state index >= 15 is 0 Å². The van der Waals surface area contributed by atoms with Crippen LogP contribution in [-0.4, -0.2) is 23.6 Å². The van der Waals surface area contributed by atoms with Crippen LogP contribution in [-0.2, 0) is 0 Å². The van der Waals surface area contributed by atoms with Crippen molar-refractivity contribution in [1.29, 1.82) is 0 Å². The maximum Gasteiger partial charge on any atom is 0.405 e. The minimum Gasteiger partial charge on any atom is -0.342 e. The van der Waals surface area contributed by atoms with Crippen LogP contribution < -0.4 is 16.6 Å². The van der Waals surface area contributed by atoms with Crippen molar-refractivity contribution in [3.05, 3.63) is 36.0 Å². The van der Waals surface area contributed by atoms with Crippen molar-refractivity contribution < 1.29 is 18.0 Å². The second-order valence-corrected chi connectivity index (χ2v) is 4.01. The maximum absolute atomic E-state index is 12.1. The van der Waals surface area contributed by atoms with Gasteiger partial charge in [0, 0.05) is 5.39 Å². The number of carbonyl (C=O) groups is 1. The van der Waals surface area contributed by atoms with E-state index in [-0.39, 0.29) is 5.69 Å². The molecule has 0 bridgehead atoms. The van der Waals surface area contributed by atoms with Crippen molar-refractivity contribution in [3.8, 4) is 0 Å². The highest BCUT2D eigenvalue weighted by Crippen LogP contribution is 2.22. The van der Waals surface area contributed by atoms with Crippen molar-refractivity contribution >= 4 is 22.5 Å². The van der Waals surface area contributed by atoms with Gasteiger partial charge in [0.05, 0.1) is 11.2 Å². The van der Waals surface area contributed by atoms with Gasteiger partial charge < -0.3 is 10.7 Å². The number of benzene rings is 1. The number of nitrogens with two attached hydrogens (primary N) is 1. The third kappa shape index (κ3) is 3.15. The SMILES string of the molecule is NNc1cc(C(=O)NCC(F)(F)F)nc2ccccc12. The van der Waals surface area contributed by atoms with Gasteiger partial charge in [-0.2, -0.15) is 13.2 Å². The highest BCUT2D eigenvalue weighted by Gasteiger charge is 2.28. The number of aromatic nitrogens is 1. The zero-order valence-corrected chi connectivity index (χ0v) is 10.2. The molecule has 106 valence electrons. The Kier molecular flexibility index (Phi) is 3.75. The molecule has 1 amide bonds. The molecule has 20 heavy (non-hydrogen) atoms. The van der Waals surface area contributed by atoms with Gasteiger partial charge in [0.25, 0.3) is 5.91 Å². The summed E-state index contributed by atoms with van der Waals surface area (Å²) in [4.78, 5) is 15.7. The number of nitrogens with one attached hydrogen (secondary N) is 2. The molecule has 0 aliphatic rings. The number of nitrogen functional groups attached to an aromatic ring is 1. The molecule has 1 aromatic carbocycles. The number of nitrogens with zero attached hydrogens (tertiary/aromatic N) is 1. The molecule has 0 saturated heterocycles. The fourth-order valence-corrected chi connectivity index (χ4v) is 1.68. The summed E-state index contributed by atoms with van der Waals surface area (Å²) < 4.78 is 36.2. The second-order valence-electron chi connectivity index (χ2n) is 4.01. The summed E-state index contributed by atoms with van der Waals surface area (Å²) >= 11 is 0. The Morgan fingerprint density at radius 3 is 2.65 bits per heavy atom. The largest absolute Gasteiger partial charge is 0.405 e. The number of hydrogen-bond acceptors (Lipinski definition) is 4. The molecule has 0 unspecified atom stereocenters. The van der Waals surface area contributed by atoms with Crippen molar-refractivity contribution in [2.75, 3.05) is 12.0 Å².